The molecule has 2 heterocycles. The Bertz CT molecular complexity index is 595. The van der Waals surface area contributed by atoms with Gasteiger partial charge in [0.2, 0.25) is 0 Å². The highest BCUT2D eigenvalue weighted by atomic mass is 15.2. The molecule has 1 aliphatic carbocycles. The molecule has 1 saturated carbocycles. The van der Waals surface area contributed by atoms with Gasteiger partial charge in [0.05, 0.1) is 5.52 Å². The second kappa shape index (κ2) is 5.17. The molecule has 0 spiro atoms. The number of benzene rings is 1. The van der Waals surface area contributed by atoms with Crippen molar-refractivity contribution >= 4 is 10.9 Å². The fourth-order valence-corrected chi connectivity index (χ4v) is 3.81. The summed E-state index contributed by atoms with van der Waals surface area (Å²) in [5.74, 6) is 0.725. The monoisotopic (exact) mass is 266 g/mol. The van der Waals surface area contributed by atoms with E-state index >= 15 is 0 Å². The Morgan fingerprint density at radius 2 is 1.85 bits per heavy atom. The molecular weight excluding hydrogens is 244 g/mol. The van der Waals surface area contributed by atoms with Crippen molar-refractivity contribution in [3.05, 3.63) is 42.1 Å². The van der Waals surface area contributed by atoms with E-state index in [1.54, 1.807) is 0 Å². The number of hydrogen-bond donors (Lipinski definition) is 0. The molecule has 0 unspecified atom stereocenters. The van der Waals surface area contributed by atoms with Gasteiger partial charge in [0.25, 0.3) is 0 Å². The molecule has 2 fully saturated rings. The number of rotatable bonds is 2. The normalized spacial score (nSPS) is 22.0. The van der Waals surface area contributed by atoms with E-state index in [-0.39, 0.29) is 0 Å². The lowest BCUT2D eigenvalue weighted by atomic mass is 9.85. The van der Waals surface area contributed by atoms with Crippen LogP contribution in [0.5, 0.6) is 0 Å². The summed E-state index contributed by atoms with van der Waals surface area (Å²) >= 11 is 0. The minimum Gasteiger partial charge on any atom is -0.299 e. The third kappa shape index (κ3) is 2.22. The maximum absolute atomic E-state index is 4.48. The van der Waals surface area contributed by atoms with Gasteiger partial charge in [-0.1, -0.05) is 37.5 Å². The second-order valence-electron chi connectivity index (χ2n) is 6.40. The Balaban J connectivity index is 1.46. The standard InChI is InChI=1S/C18H22N2/c1-2-6-17(7-3-1)20-12-16(13-20)15-9-8-14-5-4-10-19-18(14)11-15/h4-5,8-11,16-17H,1-3,6-7,12-13H2. The molecule has 2 aliphatic rings. The molecule has 2 nitrogen and oxygen atoms in total. The molecule has 2 aromatic rings. The van der Waals surface area contributed by atoms with Crippen LogP contribution < -0.4 is 0 Å². The lowest BCUT2D eigenvalue weighted by Crippen LogP contribution is -2.51. The van der Waals surface area contributed by atoms with Gasteiger partial charge in [0.1, 0.15) is 0 Å². The van der Waals surface area contributed by atoms with E-state index in [0.29, 0.717) is 0 Å². The van der Waals surface area contributed by atoms with Gasteiger partial charge >= 0.3 is 0 Å². The highest BCUT2D eigenvalue weighted by molar-refractivity contribution is 5.79. The largest absolute Gasteiger partial charge is 0.299 e. The summed E-state index contributed by atoms with van der Waals surface area (Å²) in [6.07, 6.45) is 9.06. The molecule has 1 aliphatic heterocycles. The van der Waals surface area contributed by atoms with Crippen LogP contribution in [0.1, 0.15) is 43.6 Å². The Labute approximate surface area is 120 Å². The predicted molar refractivity (Wildman–Crippen MR) is 82.9 cm³/mol. The van der Waals surface area contributed by atoms with Crippen LogP contribution >= 0.6 is 0 Å². The average Bonchev–Trinajstić information content (AvgIpc) is 2.47. The van der Waals surface area contributed by atoms with E-state index in [2.05, 4.69) is 34.1 Å². The summed E-state index contributed by atoms with van der Waals surface area (Å²) in [5.41, 5.74) is 2.62. The van der Waals surface area contributed by atoms with Gasteiger partial charge in [-0.3, -0.25) is 9.88 Å². The molecule has 0 amide bonds. The van der Waals surface area contributed by atoms with Crippen LogP contribution in [0, 0.1) is 0 Å². The van der Waals surface area contributed by atoms with E-state index in [1.807, 2.05) is 12.3 Å². The molecule has 0 bridgehead atoms. The average molecular weight is 266 g/mol. The smallest absolute Gasteiger partial charge is 0.0704 e. The van der Waals surface area contributed by atoms with Crippen LogP contribution in [0.3, 0.4) is 0 Å². The fraction of sp³-hybridized carbons (Fsp3) is 0.500. The first-order valence-electron chi connectivity index (χ1n) is 7.99. The Morgan fingerprint density at radius 1 is 1.00 bits per heavy atom. The Kier molecular flexibility index (Phi) is 3.19. The summed E-state index contributed by atoms with van der Waals surface area (Å²) in [5, 5.41) is 1.25. The first kappa shape index (κ1) is 12.3. The van der Waals surface area contributed by atoms with Gasteiger partial charge in [0.15, 0.2) is 0 Å². The zero-order valence-electron chi connectivity index (χ0n) is 12.0. The van der Waals surface area contributed by atoms with Crippen molar-refractivity contribution in [1.82, 2.24) is 9.88 Å². The predicted octanol–water partition coefficient (Wildman–Crippen LogP) is 3.97. The van der Waals surface area contributed by atoms with Crippen molar-refractivity contribution < 1.29 is 0 Å². The fourth-order valence-electron chi connectivity index (χ4n) is 3.81. The van der Waals surface area contributed by atoms with Crippen molar-refractivity contribution in [3.63, 3.8) is 0 Å². The van der Waals surface area contributed by atoms with Crippen molar-refractivity contribution in [2.24, 2.45) is 0 Å². The summed E-state index contributed by atoms with van der Waals surface area (Å²) in [7, 11) is 0. The van der Waals surface area contributed by atoms with Crippen LogP contribution in [0.25, 0.3) is 10.9 Å². The number of pyridine rings is 1. The Hall–Kier alpha value is -1.41. The zero-order chi connectivity index (χ0) is 13.4. The van der Waals surface area contributed by atoms with Crippen LogP contribution in [-0.4, -0.2) is 29.0 Å². The molecule has 0 atom stereocenters. The van der Waals surface area contributed by atoms with Crippen molar-refractivity contribution in [1.29, 1.82) is 0 Å². The molecule has 104 valence electrons. The van der Waals surface area contributed by atoms with E-state index < -0.39 is 0 Å². The van der Waals surface area contributed by atoms with Crippen LogP contribution in [-0.2, 0) is 0 Å². The lowest BCUT2D eigenvalue weighted by Gasteiger charge is -2.46. The number of aromatic nitrogens is 1. The number of likely N-dealkylation sites (tertiary alicyclic amines) is 1. The molecular formula is C18H22N2. The van der Waals surface area contributed by atoms with Crippen LogP contribution in [0.2, 0.25) is 0 Å². The molecule has 0 N–H and O–H groups in total. The molecule has 1 aromatic heterocycles. The second-order valence-corrected chi connectivity index (χ2v) is 6.40. The number of hydrogen-bond acceptors (Lipinski definition) is 2. The minimum atomic E-state index is 0.725. The maximum Gasteiger partial charge on any atom is 0.0704 e. The quantitative estimate of drug-likeness (QED) is 0.817. The van der Waals surface area contributed by atoms with Gasteiger partial charge in [-0.2, -0.15) is 0 Å². The van der Waals surface area contributed by atoms with Crippen molar-refractivity contribution in [2.75, 3.05) is 13.1 Å². The molecule has 4 rings (SSSR count). The molecule has 20 heavy (non-hydrogen) atoms. The third-order valence-electron chi connectivity index (χ3n) is 5.10. The van der Waals surface area contributed by atoms with Gasteiger partial charge in [0, 0.05) is 36.6 Å². The van der Waals surface area contributed by atoms with Crippen molar-refractivity contribution in [2.45, 2.75) is 44.1 Å². The lowest BCUT2D eigenvalue weighted by molar-refractivity contribution is 0.0691. The van der Waals surface area contributed by atoms with Crippen molar-refractivity contribution in [3.8, 4) is 0 Å². The first-order valence-corrected chi connectivity index (χ1v) is 7.99. The first-order chi connectivity index (χ1) is 9.90. The SMILES string of the molecule is c1cnc2cc(C3CN(C4CCCCC4)C3)ccc2c1. The molecule has 1 saturated heterocycles. The van der Waals surface area contributed by atoms with E-state index in [0.717, 1.165) is 17.5 Å². The van der Waals surface area contributed by atoms with E-state index in [4.69, 9.17) is 0 Å². The Morgan fingerprint density at radius 3 is 2.70 bits per heavy atom. The summed E-state index contributed by atoms with van der Waals surface area (Å²) in [6, 6.07) is 11.8. The molecule has 2 heteroatoms. The van der Waals surface area contributed by atoms with E-state index in [9.17, 15) is 0 Å². The van der Waals surface area contributed by atoms with Gasteiger partial charge in [-0.05, 0) is 30.5 Å². The van der Waals surface area contributed by atoms with Crippen LogP contribution in [0.15, 0.2) is 36.5 Å². The van der Waals surface area contributed by atoms with Gasteiger partial charge in [-0.15, -0.1) is 0 Å². The summed E-state index contributed by atoms with van der Waals surface area (Å²) in [6.45, 7) is 2.51. The topological polar surface area (TPSA) is 16.1 Å². The minimum absolute atomic E-state index is 0.725. The van der Waals surface area contributed by atoms with Gasteiger partial charge < -0.3 is 0 Å². The highest BCUT2D eigenvalue weighted by Crippen LogP contribution is 2.34. The highest BCUT2D eigenvalue weighted by Gasteiger charge is 2.33. The van der Waals surface area contributed by atoms with Gasteiger partial charge in [-0.25, -0.2) is 0 Å². The summed E-state index contributed by atoms with van der Waals surface area (Å²) < 4.78 is 0. The van der Waals surface area contributed by atoms with Crippen LogP contribution in [0.4, 0.5) is 0 Å². The third-order valence-corrected chi connectivity index (χ3v) is 5.10. The zero-order valence-corrected chi connectivity index (χ0v) is 12.0. The molecule has 1 aromatic carbocycles. The summed E-state index contributed by atoms with van der Waals surface area (Å²) in [4.78, 5) is 7.18. The van der Waals surface area contributed by atoms with E-state index in [1.165, 1.54) is 56.1 Å². The maximum atomic E-state index is 4.48. The molecule has 0 radical (unpaired) electrons. The number of fused-ring (bicyclic) bond motifs is 1. The number of nitrogens with zero attached hydrogens (tertiary/aromatic N) is 2.